The van der Waals surface area contributed by atoms with Crippen LogP contribution in [0.4, 0.5) is 0 Å². The quantitative estimate of drug-likeness (QED) is 0.853. The maximum Gasteiger partial charge on any atom is 0.227 e. The second-order valence-electron chi connectivity index (χ2n) is 6.32. The summed E-state index contributed by atoms with van der Waals surface area (Å²) in [6.45, 7) is 1.69. The Morgan fingerprint density at radius 1 is 1.37 bits per heavy atom. The van der Waals surface area contributed by atoms with E-state index in [-0.39, 0.29) is 12.0 Å². The predicted molar refractivity (Wildman–Crippen MR) is 75.7 cm³/mol. The van der Waals surface area contributed by atoms with Gasteiger partial charge < -0.3 is 10.6 Å². The largest absolute Gasteiger partial charge is 0.338 e. The lowest BCUT2D eigenvalue weighted by Gasteiger charge is -2.34. The molecule has 0 radical (unpaired) electrons. The number of fused-ring (bicyclic) bond motifs is 3. The van der Waals surface area contributed by atoms with Crippen molar-refractivity contribution in [3.05, 3.63) is 21.9 Å². The van der Waals surface area contributed by atoms with E-state index in [9.17, 15) is 4.79 Å². The number of carbonyl (C=O) groups excluding carboxylic acids is 1. The lowest BCUT2D eigenvalue weighted by atomic mass is 9.83. The number of rotatable bonds is 1. The molecule has 102 valence electrons. The molecule has 2 saturated carbocycles. The van der Waals surface area contributed by atoms with E-state index in [4.69, 9.17) is 5.73 Å². The molecular weight excluding hydrogens is 256 g/mol. The first-order valence-electron chi connectivity index (χ1n) is 7.33. The number of hydrogen-bond acceptors (Lipinski definition) is 3. The van der Waals surface area contributed by atoms with Crippen LogP contribution in [0.15, 0.2) is 11.4 Å². The summed E-state index contributed by atoms with van der Waals surface area (Å²) in [4.78, 5) is 16.3. The Kier molecular flexibility index (Phi) is 2.71. The number of nitrogens with zero attached hydrogens (tertiary/aromatic N) is 1. The lowest BCUT2D eigenvalue weighted by Crippen LogP contribution is -2.48. The van der Waals surface area contributed by atoms with Crippen molar-refractivity contribution >= 4 is 17.2 Å². The van der Waals surface area contributed by atoms with Crippen LogP contribution in [-0.4, -0.2) is 23.4 Å². The van der Waals surface area contributed by atoms with Gasteiger partial charge in [0.15, 0.2) is 0 Å². The van der Waals surface area contributed by atoms with Gasteiger partial charge >= 0.3 is 0 Å². The molecule has 2 aliphatic carbocycles. The highest BCUT2D eigenvalue weighted by molar-refractivity contribution is 7.10. The Morgan fingerprint density at radius 3 is 3.00 bits per heavy atom. The molecule has 2 heterocycles. The fourth-order valence-corrected chi connectivity index (χ4v) is 5.24. The Hall–Kier alpha value is -0.870. The van der Waals surface area contributed by atoms with Crippen molar-refractivity contribution in [3.8, 4) is 0 Å². The molecule has 1 aromatic rings. The molecule has 0 saturated heterocycles. The number of hydrogen-bond donors (Lipinski definition) is 1. The average molecular weight is 276 g/mol. The summed E-state index contributed by atoms with van der Waals surface area (Å²) < 4.78 is 0. The van der Waals surface area contributed by atoms with Gasteiger partial charge in [0.1, 0.15) is 0 Å². The third-order valence-corrected chi connectivity index (χ3v) is 6.41. The predicted octanol–water partition coefficient (Wildman–Crippen LogP) is 2.01. The molecule has 2 N–H and O–H groups in total. The zero-order chi connectivity index (χ0) is 13.0. The molecule has 0 spiro atoms. The fourth-order valence-electron chi connectivity index (χ4n) is 4.35. The van der Waals surface area contributed by atoms with Gasteiger partial charge in [0, 0.05) is 24.0 Å². The minimum Gasteiger partial charge on any atom is -0.338 e. The Balaban J connectivity index is 1.53. The zero-order valence-corrected chi connectivity index (χ0v) is 11.9. The van der Waals surface area contributed by atoms with Crippen molar-refractivity contribution in [1.82, 2.24) is 4.90 Å². The first kappa shape index (κ1) is 11.9. The van der Waals surface area contributed by atoms with E-state index in [0.29, 0.717) is 17.7 Å². The number of nitrogens with two attached hydrogens (primary N) is 1. The van der Waals surface area contributed by atoms with Crippen molar-refractivity contribution in [2.24, 2.45) is 23.5 Å². The molecule has 19 heavy (non-hydrogen) atoms. The summed E-state index contributed by atoms with van der Waals surface area (Å²) in [6, 6.07) is 2.29. The normalized spacial score (nSPS) is 36.6. The van der Waals surface area contributed by atoms with Crippen LogP contribution >= 0.6 is 11.3 Å². The van der Waals surface area contributed by atoms with E-state index in [0.717, 1.165) is 19.5 Å². The molecule has 2 bridgehead atoms. The van der Waals surface area contributed by atoms with Crippen molar-refractivity contribution in [2.75, 3.05) is 6.54 Å². The molecule has 0 aromatic carbocycles. The van der Waals surface area contributed by atoms with Crippen molar-refractivity contribution in [1.29, 1.82) is 0 Å². The van der Waals surface area contributed by atoms with E-state index >= 15 is 0 Å². The Bertz CT molecular complexity index is 510. The smallest absolute Gasteiger partial charge is 0.227 e. The third-order valence-electron chi connectivity index (χ3n) is 5.39. The average Bonchev–Trinajstić information content (AvgIpc) is 3.12. The zero-order valence-electron chi connectivity index (χ0n) is 11.0. The van der Waals surface area contributed by atoms with E-state index in [1.165, 1.54) is 29.7 Å². The van der Waals surface area contributed by atoms with Crippen molar-refractivity contribution in [2.45, 2.75) is 38.3 Å². The molecule has 4 rings (SSSR count). The van der Waals surface area contributed by atoms with E-state index in [1.807, 2.05) is 11.3 Å². The molecule has 1 aliphatic heterocycles. The van der Waals surface area contributed by atoms with Crippen LogP contribution in [0.2, 0.25) is 0 Å². The lowest BCUT2D eigenvalue weighted by molar-refractivity contribution is -0.138. The molecule has 3 aliphatic rings. The van der Waals surface area contributed by atoms with Gasteiger partial charge in [-0.2, -0.15) is 0 Å². The van der Waals surface area contributed by atoms with E-state index in [2.05, 4.69) is 16.3 Å². The molecular formula is C15H20N2OS. The molecule has 1 amide bonds. The van der Waals surface area contributed by atoms with Crippen molar-refractivity contribution in [3.63, 3.8) is 0 Å². The van der Waals surface area contributed by atoms with E-state index in [1.54, 1.807) is 0 Å². The van der Waals surface area contributed by atoms with Crippen LogP contribution in [0, 0.1) is 17.8 Å². The van der Waals surface area contributed by atoms with Gasteiger partial charge in [0.25, 0.3) is 0 Å². The van der Waals surface area contributed by atoms with Gasteiger partial charge in [0.05, 0.1) is 5.92 Å². The number of thiophene rings is 1. The monoisotopic (exact) mass is 276 g/mol. The van der Waals surface area contributed by atoms with Gasteiger partial charge in [-0.3, -0.25) is 4.79 Å². The highest BCUT2D eigenvalue weighted by Crippen LogP contribution is 2.48. The maximum atomic E-state index is 12.8. The summed E-state index contributed by atoms with van der Waals surface area (Å²) in [5, 5.41) is 2.14. The second kappa shape index (κ2) is 4.32. The minimum atomic E-state index is 0.110. The van der Waals surface area contributed by atoms with Crippen LogP contribution in [-0.2, 0) is 17.8 Å². The maximum absolute atomic E-state index is 12.8. The van der Waals surface area contributed by atoms with Crippen LogP contribution in [0.1, 0.15) is 29.7 Å². The molecule has 1 aromatic heterocycles. The first-order chi connectivity index (χ1) is 9.24. The molecule has 4 heteroatoms. The van der Waals surface area contributed by atoms with Crippen LogP contribution in [0.5, 0.6) is 0 Å². The molecule has 4 unspecified atom stereocenters. The number of amides is 1. The fraction of sp³-hybridized carbons (Fsp3) is 0.667. The van der Waals surface area contributed by atoms with E-state index < -0.39 is 0 Å². The number of carbonyl (C=O) groups is 1. The van der Waals surface area contributed by atoms with Gasteiger partial charge in [-0.25, -0.2) is 0 Å². The Morgan fingerprint density at radius 2 is 2.21 bits per heavy atom. The second-order valence-corrected chi connectivity index (χ2v) is 7.32. The van der Waals surface area contributed by atoms with Gasteiger partial charge in [-0.15, -0.1) is 11.3 Å². The van der Waals surface area contributed by atoms with Crippen LogP contribution < -0.4 is 5.73 Å². The topological polar surface area (TPSA) is 46.3 Å². The van der Waals surface area contributed by atoms with Gasteiger partial charge in [0.2, 0.25) is 5.91 Å². The highest BCUT2D eigenvalue weighted by Gasteiger charge is 2.50. The summed E-state index contributed by atoms with van der Waals surface area (Å²) in [6.07, 6.45) is 4.67. The summed E-state index contributed by atoms with van der Waals surface area (Å²) >= 11 is 1.82. The van der Waals surface area contributed by atoms with Crippen LogP contribution in [0.25, 0.3) is 0 Å². The standard InChI is InChI=1S/C15H20N2OS/c16-14-10-2-1-9(7-10)13(14)15(18)17-5-3-12-11(8-17)4-6-19-12/h4,6,9-10,13-14H,1-3,5,7-8,16H2. The van der Waals surface area contributed by atoms with Crippen LogP contribution in [0.3, 0.4) is 0 Å². The van der Waals surface area contributed by atoms with Gasteiger partial charge in [-0.05, 0) is 54.5 Å². The summed E-state index contributed by atoms with van der Waals surface area (Å²) in [5.41, 5.74) is 7.65. The van der Waals surface area contributed by atoms with Crippen molar-refractivity contribution < 1.29 is 4.79 Å². The highest BCUT2D eigenvalue weighted by atomic mass is 32.1. The summed E-state index contributed by atoms with van der Waals surface area (Å²) in [7, 11) is 0. The molecule has 3 nitrogen and oxygen atoms in total. The molecule has 4 atom stereocenters. The third kappa shape index (κ3) is 1.77. The summed E-state index contributed by atoms with van der Waals surface area (Å²) in [5.74, 6) is 1.62. The SMILES string of the molecule is NC1C2CCC(C2)C1C(=O)N1CCc2sccc2C1. The first-order valence-corrected chi connectivity index (χ1v) is 8.21. The van der Waals surface area contributed by atoms with Gasteiger partial charge in [-0.1, -0.05) is 0 Å². The minimum absolute atomic E-state index is 0.110. The Labute approximate surface area is 117 Å². The molecule has 2 fully saturated rings.